The van der Waals surface area contributed by atoms with Crippen LogP contribution in [0.2, 0.25) is 0 Å². The van der Waals surface area contributed by atoms with Crippen LogP contribution >= 0.6 is 27.7 Å². The minimum Gasteiger partial charge on any atom is -0.294 e. The van der Waals surface area contributed by atoms with Gasteiger partial charge in [0.15, 0.2) is 5.78 Å². The molecule has 0 N–H and O–H groups in total. The van der Waals surface area contributed by atoms with Crippen molar-refractivity contribution in [2.24, 2.45) is 0 Å². The number of hydrogen-bond donors (Lipinski definition) is 0. The highest BCUT2D eigenvalue weighted by Gasteiger charge is 2.12. The Labute approximate surface area is 158 Å². The number of ketones is 1. The van der Waals surface area contributed by atoms with Gasteiger partial charge in [-0.05, 0) is 80.1 Å². The molecule has 0 amide bonds. The highest BCUT2D eigenvalue weighted by Crippen LogP contribution is 2.29. The van der Waals surface area contributed by atoms with Gasteiger partial charge in [0, 0.05) is 28.0 Å². The summed E-state index contributed by atoms with van der Waals surface area (Å²) < 4.78 is 1.00. The van der Waals surface area contributed by atoms with E-state index in [2.05, 4.69) is 50.5 Å². The molecule has 0 fully saturated rings. The average molecular weight is 405 g/mol. The van der Waals surface area contributed by atoms with E-state index in [0.717, 1.165) is 21.5 Å². The quantitative estimate of drug-likeness (QED) is 0.403. The van der Waals surface area contributed by atoms with Gasteiger partial charge in [0.05, 0.1) is 0 Å². The van der Waals surface area contributed by atoms with Gasteiger partial charge < -0.3 is 0 Å². The van der Waals surface area contributed by atoms with Crippen LogP contribution in [0, 0.1) is 34.6 Å². The molecule has 0 atom stereocenters. The zero-order valence-electron chi connectivity index (χ0n) is 15.1. The molecule has 0 spiro atoms. The predicted octanol–water partition coefficient (Wildman–Crippen LogP) is 6.50. The Kier molecular flexibility index (Phi) is 6.70. The zero-order chi connectivity index (χ0) is 17.9. The monoisotopic (exact) mass is 404 g/mol. The molecule has 0 aliphatic heterocycles. The molecule has 0 unspecified atom stereocenters. The molecule has 0 aromatic heterocycles. The molecule has 3 heteroatoms. The summed E-state index contributed by atoms with van der Waals surface area (Å²) in [5.74, 6) is 2.06. The van der Waals surface area contributed by atoms with E-state index in [0.29, 0.717) is 6.42 Å². The normalized spacial score (nSPS) is 10.9. The van der Waals surface area contributed by atoms with Crippen molar-refractivity contribution in [1.82, 2.24) is 0 Å². The van der Waals surface area contributed by atoms with Gasteiger partial charge in [-0.3, -0.25) is 4.79 Å². The van der Waals surface area contributed by atoms with Crippen molar-refractivity contribution < 1.29 is 4.79 Å². The van der Waals surface area contributed by atoms with Gasteiger partial charge in [-0.25, -0.2) is 0 Å². The van der Waals surface area contributed by atoms with Crippen molar-refractivity contribution in [2.45, 2.75) is 46.8 Å². The Morgan fingerprint density at radius 3 is 1.92 bits per heavy atom. The molecule has 0 bridgehead atoms. The third-order valence-electron chi connectivity index (χ3n) is 5.04. The number of carbonyl (C=O) groups excluding carboxylic acids is 1. The van der Waals surface area contributed by atoms with Gasteiger partial charge in [0.1, 0.15) is 0 Å². The summed E-state index contributed by atoms with van der Waals surface area (Å²) in [6.07, 6.45) is 0.591. The van der Waals surface area contributed by atoms with Crippen molar-refractivity contribution in [2.75, 3.05) is 5.75 Å². The van der Waals surface area contributed by atoms with E-state index >= 15 is 0 Å². The highest BCUT2D eigenvalue weighted by molar-refractivity contribution is 9.10. The smallest absolute Gasteiger partial charge is 0.163 e. The van der Waals surface area contributed by atoms with Gasteiger partial charge in [0.2, 0.25) is 0 Å². The third-order valence-corrected chi connectivity index (χ3v) is 6.56. The predicted molar refractivity (Wildman–Crippen MR) is 109 cm³/mol. The lowest BCUT2D eigenvalue weighted by Crippen LogP contribution is -2.03. The van der Waals surface area contributed by atoms with Crippen LogP contribution in [0.3, 0.4) is 0 Å². The van der Waals surface area contributed by atoms with E-state index in [1.165, 1.54) is 33.4 Å². The standard InChI is InChI=1S/C21H25BrOS/c1-13-14(2)16(4)20(17(5)15(13)3)12-24-11-10-21(23)18-6-8-19(22)9-7-18/h6-9H,10-12H2,1-5H3. The Morgan fingerprint density at radius 1 is 0.875 bits per heavy atom. The first-order chi connectivity index (χ1) is 11.3. The second kappa shape index (κ2) is 8.35. The Balaban J connectivity index is 1.95. The molecule has 128 valence electrons. The maximum Gasteiger partial charge on any atom is 0.163 e. The molecule has 0 saturated heterocycles. The van der Waals surface area contributed by atoms with Crippen molar-refractivity contribution in [1.29, 1.82) is 0 Å². The molecule has 2 rings (SSSR count). The average Bonchev–Trinajstić information content (AvgIpc) is 2.58. The first kappa shape index (κ1) is 19.3. The Morgan fingerprint density at radius 2 is 1.38 bits per heavy atom. The second-order valence-corrected chi connectivity index (χ2v) is 8.36. The van der Waals surface area contributed by atoms with Gasteiger partial charge in [0.25, 0.3) is 0 Å². The fourth-order valence-electron chi connectivity index (χ4n) is 2.91. The van der Waals surface area contributed by atoms with E-state index < -0.39 is 0 Å². The molecule has 0 heterocycles. The number of carbonyl (C=O) groups is 1. The van der Waals surface area contributed by atoms with Crippen LogP contribution in [0.4, 0.5) is 0 Å². The number of rotatable bonds is 6. The van der Waals surface area contributed by atoms with E-state index in [1.807, 2.05) is 36.0 Å². The maximum absolute atomic E-state index is 12.2. The molecule has 0 aliphatic carbocycles. The van der Waals surface area contributed by atoms with Crippen LogP contribution in [-0.4, -0.2) is 11.5 Å². The minimum atomic E-state index is 0.222. The van der Waals surface area contributed by atoms with Crippen LogP contribution in [0.25, 0.3) is 0 Å². The van der Waals surface area contributed by atoms with Gasteiger partial charge in [-0.1, -0.05) is 28.1 Å². The molecular formula is C21H25BrOS. The molecule has 2 aromatic carbocycles. The number of hydrogen-bond acceptors (Lipinski definition) is 2. The lowest BCUT2D eigenvalue weighted by Gasteiger charge is -2.18. The molecule has 0 aliphatic rings. The molecule has 1 nitrogen and oxygen atoms in total. The molecular weight excluding hydrogens is 380 g/mol. The number of halogens is 1. The summed E-state index contributed by atoms with van der Waals surface area (Å²) >= 11 is 5.25. The Hall–Kier alpha value is -1.06. The topological polar surface area (TPSA) is 17.1 Å². The third kappa shape index (κ3) is 4.31. The first-order valence-electron chi connectivity index (χ1n) is 8.25. The zero-order valence-corrected chi connectivity index (χ0v) is 17.5. The summed E-state index contributed by atoms with van der Waals surface area (Å²) in [6, 6.07) is 7.62. The second-order valence-electron chi connectivity index (χ2n) is 6.34. The summed E-state index contributed by atoms with van der Waals surface area (Å²) in [6.45, 7) is 11.1. The van der Waals surface area contributed by atoms with E-state index in [-0.39, 0.29) is 5.78 Å². The van der Waals surface area contributed by atoms with Crippen LogP contribution in [0.5, 0.6) is 0 Å². The highest BCUT2D eigenvalue weighted by atomic mass is 79.9. The van der Waals surface area contributed by atoms with Crippen molar-refractivity contribution >= 4 is 33.5 Å². The van der Waals surface area contributed by atoms with Crippen LogP contribution in [0.1, 0.15) is 50.2 Å². The summed E-state index contributed by atoms with van der Waals surface area (Å²) in [5.41, 5.74) is 9.26. The molecule has 0 saturated carbocycles. The molecule has 24 heavy (non-hydrogen) atoms. The largest absolute Gasteiger partial charge is 0.294 e. The lowest BCUT2D eigenvalue weighted by molar-refractivity contribution is 0.0989. The molecule has 2 aromatic rings. The van der Waals surface area contributed by atoms with E-state index in [9.17, 15) is 4.79 Å². The van der Waals surface area contributed by atoms with E-state index in [1.54, 1.807) is 0 Å². The van der Waals surface area contributed by atoms with Crippen LogP contribution < -0.4 is 0 Å². The minimum absolute atomic E-state index is 0.222. The van der Waals surface area contributed by atoms with Gasteiger partial charge in [-0.2, -0.15) is 11.8 Å². The van der Waals surface area contributed by atoms with Crippen molar-refractivity contribution in [3.8, 4) is 0 Å². The van der Waals surface area contributed by atoms with Crippen molar-refractivity contribution in [3.05, 3.63) is 67.7 Å². The SMILES string of the molecule is Cc1c(C)c(C)c(CSCCC(=O)c2ccc(Br)cc2)c(C)c1C. The van der Waals surface area contributed by atoms with Gasteiger partial charge >= 0.3 is 0 Å². The fourth-order valence-corrected chi connectivity index (χ4v) is 4.29. The number of Topliss-reactive ketones (excluding diaryl/α,β-unsaturated/α-hetero) is 1. The maximum atomic E-state index is 12.2. The Bertz CT molecular complexity index is 718. The summed E-state index contributed by atoms with van der Waals surface area (Å²) in [7, 11) is 0. The summed E-state index contributed by atoms with van der Waals surface area (Å²) in [5, 5.41) is 0. The fraction of sp³-hybridized carbons (Fsp3) is 0.381. The molecule has 0 radical (unpaired) electrons. The van der Waals surface area contributed by atoms with Crippen molar-refractivity contribution in [3.63, 3.8) is 0 Å². The van der Waals surface area contributed by atoms with Crippen LogP contribution in [-0.2, 0) is 5.75 Å². The number of benzene rings is 2. The lowest BCUT2D eigenvalue weighted by atomic mass is 9.90. The van der Waals surface area contributed by atoms with E-state index in [4.69, 9.17) is 0 Å². The summed E-state index contributed by atoms with van der Waals surface area (Å²) in [4.78, 5) is 12.2. The number of thioether (sulfide) groups is 1. The van der Waals surface area contributed by atoms with Gasteiger partial charge in [-0.15, -0.1) is 0 Å². The van der Waals surface area contributed by atoms with Crippen LogP contribution in [0.15, 0.2) is 28.7 Å². The first-order valence-corrected chi connectivity index (χ1v) is 10.2.